The number of hydrogen-bond donors (Lipinski definition) is 2. The van der Waals surface area contributed by atoms with E-state index >= 15 is 0 Å². The highest BCUT2D eigenvalue weighted by atomic mass is 16.5. The van der Waals surface area contributed by atoms with Gasteiger partial charge in [-0.05, 0) is 31.5 Å². The number of carbonyl (C=O) groups excluding carboxylic acids is 1. The van der Waals surface area contributed by atoms with Crippen LogP contribution in [0.25, 0.3) is 0 Å². The van der Waals surface area contributed by atoms with E-state index in [4.69, 9.17) is 9.47 Å². The average Bonchev–Trinajstić information content (AvgIpc) is 2.61. The fraction of sp³-hybridized carbons (Fsp3) is 0.556. The number of ether oxygens (including phenoxy) is 2. The van der Waals surface area contributed by atoms with Gasteiger partial charge >= 0.3 is 0 Å². The van der Waals surface area contributed by atoms with Gasteiger partial charge in [-0.1, -0.05) is 6.07 Å². The van der Waals surface area contributed by atoms with Gasteiger partial charge in [0, 0.05) is 37.2 Å². The largest absolute Gasteiger partial charge is 0.382 e. The SMILES string of the molecule is CCNC(=O)c1ccc(C)c(NCCOC2(C#N)CCOCC2)c1. The van der Waals surface area contributed by atoms with Gasteiger partial charge in [-0.2, -0.15) is 5.26 Å². The van der Waals surface area contributed by atoms with E-state index in [-0.39, 0.29) is 5.91 Å². The Morgan fingerprint density at radius 2 is 2.17 bits per heavy atom. The number of hydrogen-bond acceptors (Lipinski definition) is 5. The molecule has 0 radical (unpaired) electrons. The van der Waals surface area contributed by atoms with E-state index in [1.165, 1.54) is 0 Å². The molecule has 1 saturated heterocycles. The maximum Gasteiger partial charge on any atom is 0.251 e. The highest BCUT2D eigenvalue weighted by Gasteiger charge is 2.33. The van der Waals surface area contributed by atoms with Crippen molar-refractivity contribution in [3.05, 3.63) is 29.3 Å². The molecule has 24 heavy (non-hydrogen) atoms. The molecule has 1 aromatic carbocycles. The molecule has 1 amide bonds. The number of nitrogens with zero attached hydrogens (tertiary/aromatic N) is 1. The summed E-state index contributed by atoms with van der Waals surface area (Å²) in [6.45, 7) is 6.61. The summed E-state index contributed by atoms with van der Waals surface area (Å²) in [5.74, 6) is -0.0811. The van der Waals surface area contributed by atoms with Crippen LogP contribution in [0.5, 0.6) is 0 Å². The Kier molecular flexibility index (Phi) is 6.59. The van der Waals surface area contributed by atoms with Gasteiger partial charge in [-0.25, -0.2) is 0 Å². The van der Waals surface area contributed by atoms with E-state index in [2.05, 4.69) is 16.7 Å². The third kappa shape index (κ3) is 4.70. The van der Waals surface area contributed by atoms with E-state index in [0.29, 0.717) is 51.3 Å². The zero-order chi connectivity index (χ0) is 17.4. The third-order valence-corrected chi connectivity index (χ3v) is 4.14. The Morgan fingerprint density at radius 1 is 1.42 bits per heavy atom. The van der Waals surface area contributed by atoms with Crippen LogP contribution in [0.15, 0.2) is 18.2 Å². The summed E-state index contributed by atoms with van der Waals surface area (Å²) in [7, 11) is 0. The molecule has 6 heteroatoms. The van der Waals surface area contributed by atoms with Gasteiger partial charge in [0.1, 0.15) is 0 Å². The number of benzene rings is 1. The highest BCUT2D eigenvalue weighted by molar-refractivity contribution is 5.95. The molecule has 1 heterocycles. The van der Waals surface area contributed by atoms with Gasteiger partial charge in [-0.15, -0.1) is 0 Å². The van der Waals surface area contributed by atoms with E-state index in [1.807, 2.05) is 32.0 Å². The van der Waals surface area contributed by atoms with Crippen LogP contribution in [0.1, 0.15) is 35.7 Å². The molecule has 0 aliphatic carbocycles. The van der Waals surface area contributed by atoms with Crippen molar-refractivity contribution < 1.29 is 14.3 Å². The van der Waals surface area contributed by atoms with Gasteiger partial charge in [0.15, 0.2) is 5.60 Å². The number of aryl methyl sites for hydroxylation is 1. The van der Waals surface area contributed by atoms with Crippen LogP contribution >= 0.6 is 0 Å². The maximum absolute atomic E-state index is 11.9. The average molecular weight is 331 g/mol. The van der Waals surface area contributed by atoms with Crippen LogP contribution in [0.2, 0.25) is 0 Å². The molecule has 0 unspecified atom stereocenters. The minimum absolute atomic E-state index is 0.0811. The fourth-order valence-electron chi connectivity index (χ4n) is 2.64. The lowest BCUT2D eigenvalue weighted by molar-refractivity contribution is -0.0724. The Labute approximate surface area is 143 Å². The van der Waals surface area contributed by atoms with Crippen LogP contribution in [0, 0.1) is 18.3 Å². The van der Waals surface area contributed by atoms with Crippen LogP contribution in [0.4, 0.5) is 5.69 Å². The number of carbonyl (C=O) groups is 1. The summed E-state index contributed by atoms with van der Waals surface area (Å²) in [6, 6.07) is 7.86. The molecule has 1 fully saturated rings. The van der Waals surface area contributed by atoms with Crippen LogP contribution in [-0.2, 0) is 9.47 Å². The van der Waals surface area contributed by atoms with Crippen molar-refractivity contribution in [2.24, 2.45) is 0 Å². The quantitative estimate of drug-likeness (QED) is 0.749. The third-order valence-electron chi connectivity index (χ3n) is 4.14. The molecule has 0 saturated carbocycles. The van der Waals surface area contributed by atoms with Crippen molar-refractivity contribution in [3.63, 3.8) is 0 Å². The summed E-state index contributed by atoms with van der Waals surface area (Å²) in [5.41, 5.74) is 1.87. The van der Waals surface area contributed by atoms with Crippen molar-refractivity contribution >= 4 is 11.6 Å². The van der Waals surface area contributed by atoms with Gasteiger partial charge in [0.25, 0.3) is 5.91 Å². The van der Waals surface area contributed by atoms with Crippen LogP contribution in [0.3, 0.4) is 0 Å². The predicted molar refractivity (Wildman–Crippen MR) is 92.0 cm³/mol. The molecule has 0 atom stereocenters. The summed E-state index contributed by atoms with van der Waals surface area (Å²) in [4.78, 5) is 11.9. The van der Waals surface area contributed by atoms with E-state index in [1.54, 1.807) is 0 Å². The summed E-state index contributed by atoms with van der Waals surface area (Å²) in [5, 5.41) is 15.4. The number of rotatable bonds is 7. The Balaban J connectivity index is 1.88. The summed E-state index contributed by atoms with van der Waals surface area (Å²) in [6.07, 6.45) is 1.21. The molecular formula is C18H25N3O3. The van der Waals surface area contributed by atoms with Crippen molar-refractivity contribution in [1.82, 2.24) is 5.32 Å². The first-order valence-corrected chi connectivity index (χ1v) is 8.36. The van der Waals surface area contributed by atoms with Crippen LogP contribution in [-0.4, -0.2) is 44.4 Å². The Bertz CT molecular complexity index is 604. The molecule has 1 aliphatic heterocycles. The molecule has 0 bridgehead atoms. The molecule has 2 N–H and O–H groups in total. The monoisotopic (exact) mass is 331 g/mol. The zero-order valence-electron chi connectivity index (χ0n) is 14.4. The molecule has 1 aromatic rings. The Morgan fingerprint density at radius 3 is 2.83 bits per heavy atom. The minimum atomic E-state index is -0.724. The lowest BCUT2D eigenvalue weighted by atomic mass is 9.96. The molecule has 130 valence electrons. The predicted octanol–water partition coefficient (Wildman–Crippen LogP) is 2.25. The van der Waals surface area contributed by atoms with Crippen LogP contribution < -0.4 is 10.6 Å². The fourth-order valence-corrected chi connectivity index (χ4v) is 2.64. The number of amides is 1. The normalized spacial score (nSPS) is 16.2. The topological polar surface area (TPSA) is 83.4 Å². The standard InChI is InChI=1S/C18H25N3O3/c1-3-20-17(22)15-5-4-14(2)16(12-15)21-8-11-24-18(13-19)6-9-23-10-7-18/h4-5,12,21H,3,6-11H2,1-2H3,(H,20,22). The molecule has 2 rings (SSSR count). The van der Waals surface area contributed by atoms with Crippen molar-refractivity contribution in [2.45, 2.75) is 32.3 Å². The second-order valence-electron chi connectivity index (χ2n) is 5.88. The molecule has 0 spiro atoms. The van der Waals surface area contributed by atoms with Gasteiger partial charge in [0.05, 0.1) is 25.9 Å². The highest BCUT2D eigenvalue weighted by Crippen LogP contribution is 2.24. The van der Waals surface area contributed by atoms with Gasteiger partial charge < -0.3 is 20.1 Å². The lowest BCUT2D eigenvalue weighted by Crippen LogP contribution is -2.38. The van der Waals surface area contributed by atoms with Gasteiger partial charge in [-0.3, -0.25) is 4.79 Å². The summed E-state index contributed by atoms with van der Waals surface area (Å²) >= 11 is 0. The molecular weight excluding hydrogens is 306 g/mol. The number of nitrogens with one attached hydrogen (secondary N) is 2. The molecule has 0 aromatic heterocycles. The summed E-state index contributed by atoms with van der Waals surface area (Å²) < 4.78 is 11.1. The van der Waals surface area contributed by atoms with Crippen molar-refractivity contribution in [2.75, 3.05) is 38.2 Å². The second kappa shape index (κ2) is 8.67. The smallest absolute Gasteiger partial charge is 0.251 e. The first-order chi connectivity index (χ1) is 11.6. The molecule has 1 aliphatic rings. The Hall–Kier alpha value is -2.10. The van der Waals surface area contributed by atoms with E-state index in [0.717, 1.165) is 11.3 Å². The first kappa shape index (κ1) is 18.2. The van der Waals surface area contributed by atoms with E-state index < -0.39 is 5.60 Å². The van der Waals surface area contributed by atoms with E-state index in [9.17, 15) is 10.1 Å². The maximum atomic E-state index is 11.9. The number of anilines is 1. The number of nitriles is 1. The van der Waals surface area contributed by atoms with Crippen molar-refractivity contribution in [1.29, 1.82) is 5.26 Å². The zero-order valence-corrected chi connectivity index (χ0v) is 14.4. The first-order valence-electron chi connectivity index (χ1n) is 8.36. The van der Waals surface area contributed by atoms with Gasteiger partial charge in [0.2, 0.25) is 0 Å². The van der Waals surface area contributed by atoms with Crippen molar-refractivity contribution in [3.8, 4) is 6.07 Å². The lowest BCUT2D eigenvalue weighted by Gasteiger charge is -2.30. The molecule has 6 nitrogen and oxygen atoms in total. The minimum Gasteiger partial charge on any atom is -0.382 e. The second-order valence-corrected chi connectivity index (χ2v) is 5.88.